The topological polar surface area (TPSA) is 56.7 Å². The summed E-state index contributed by atoms with van der Waals surface area (Å²) in [5.74, 6) is 1.94. The van der Waals surface area contributed by atoms with Crippen LogP contribution in [-0.4, -0.2) is 19.5 Å². The number of aromatic nitrogens is 4. The van der Waals surface area contributed by atoms with Gasteiger partial charge in [0.15, 0.2) is 17.5 Å². The van der Waals surface area contributed by atoms with E-state index in [-0.39, 0.29) is 0 Å². The van der Waals surface area contributed by atoms with Crippen molar-refractivity contribution in [3.63, 3.8) is 0 Å². The van der Waals surface area contributed by atoms with Crippen LogP contribution in [0.5, 0.6) is 0 Å². The molecule has 0 spiro atoms. The van der Waals surface area contributed by atoms with Gasteiger partial charge < -0.3 is 8.98 Å². The van der Waals surface area contributed by atoms with Crippen LogP contribution in [0.25, 0.3) is 115 Å². The Kier molecular flexibility index (Phi) is 7.03. The van der Waals surface area contributed by atoms with Gasteiger partial charge in [-0.2, -0.15) is 0 Å². The first-order valence-electron chi connectivity index (χ1n) is 19.0. The SMILES string of the molecule is c1ccc(-c2nc(-c3cccc(-c4cccc(-n5c6ccccc6c6cc7oc8ccccc8c7cc65)c4)c3)nc(-c3cccc4c3sc3ccccc34)n2)cc1. The van der Waals surface area contributed by atoms with Crippen molar-refractivity contribution in [2.75, 3.05) is 0 Å². The van der Waals surface area contributed by atoms with Crippen molar-refractivity contribution >= 4 is 75.3 Å². The third kappa shape index (κ3) is 5.12. The minimum absolute atomic E-state index is 0.633. The fourth-order valence-corrected chi connectivity index (χ4v) is 9.60. The number of hydrogen-bond acceptors (Lipinski definition) is 5. The number of para-hydroxylation sites is 2. The molecule has 0 saturated heterocycles. The highest BCUT2D eigenvalue weighted by atomic mass is 32.1. The van der Waals surface area contributed by atoms with Gasteiger partial charge in [0.05, 0.1) is 11.0 Å². The molecule has 0 fully saturated rings. The van der Waals surface area contributed by atoms with Crippen molar-refractivity contribution in [1.82, 2.24) is 19.5 Å². The Labute approximate surface area is 330 Å². The Morgan fingerprint density at radius 1 is 0.386 bits per heavy atom. The number of hydrogen-bond donors (Lipinski definition) is 0. The average molecular weight is 747 g/mol. The smallest absolute Gasteiger partial charge is 0.165 e. The van der Waals surface area contributed by atoms with Crippen LogP contribution < -0.4 is 0 Å². The molecule has 0 N–H and O–H groups in total. The summed E-state index contributed by atoms with van der Waals surface area (Å²) in [7, 11) is 0. The Bertz CT molecular complexity index is 3540. The van der Waals surface area contributed by atoms with E-state index in [1.165, 1.54) is 25.6 Å². The summed E-state index contributed by atoms with van der Waals surface area (Å²) in [6.45, 7) is 0. The van der Waals surface area contributed by atoms with Crippen LogP contribution in [0.15, 0.2) is 186 Å². The van der Waals surface area contributed by atoms with Crippen molar-refractivity contribution in [2.24, 2.45) is 0 Å². The van der Waals surface area contributed by atoms with Crippen LogP contribution in [0.4, 0.5) is 0 Å². The number of rotatable bonds is 5. The molecule has 0 radical (unpaired) electrons. The molecule has 0 aliphatic rings. The predicted octanol–water partition coefficient (Wildman–Crippen LogP) is 13.9. The molecule has 0 aliphatic heterocycles. The van der Waals surface area contributed by atoms with Gasteiger partial charge >= 0.3 is 0 Å². The highest BCUT2D eigenvalue weighted by Gasteiger charge is 2.19. The first-order chi connectivity index (χ1) is 28.2. The first-order valence-corrected chi connectivity index (χ1v) is 19.8. The highest BCUT2D eigenvalue weighted by molar-refractivity contribution is 7.26. The van der Waals surface area contributed by atoms with E-state index >= 15 is 0 Å². The maximum atomic E-state index is 6.32. The lowest BCUT2D eigenvalue weighted by Crippen LogP contribution is -2.00. The fourth-order valence-electron chi connectivity index (χ4n) is 8.39. The number of fused-ring (bicyclic) bond motifs is 9. The summed E-state index contributed by atoms with van der Waals surface area (Å²) < 4.78 is 11.1. The molecule has 57 heavy (non-hydrogen) atoms. The van der Waals surface area contributed by atoms with Crippen LogP contribution in [0, 0.1) is 0 Å². The molecule has 0 atom stereocenters. The van der Waals surface area contributed by atoms with Gasteiger partial charge in [0.2, 0.25) is 0 Å². The monoisotopic (exact) mass is 746 g/mol. The van der Waals surface area contributed by atoms with Gasteiger partial charge in [0.25, 0.3) is 0 Å². The molecule has 0 amide bonds. The van der Waals surface area contributed by atoms with Gasteiger partial charge in [-0.25, -0.2) is 15.0 Å². The molecule has 4 heterocycles. The zero-order valence-electron chi connectivity index (χ0n) is 30.4. The van der Waals surface area contributed by atoms with Crippen LogP contribution in [0.2, 0.25) is 0 Å². The number of benzene rings is 8. The number of nitrogens with zero attached hydrogens (tertiary/aromatic N) is 4. The Morgan fingerprint density at radius 3 is 1.93 bits per heavy atom. The molecule has 4 aromatic heterocycles. The second-order valence-corrected chi connectivity index (χ2v) is 15.5. The molecule has 5 nitrogen and oxygen atoms in total. The minimum Gasteiger partial charge on any atom is -0.456 e. The lowest BCUT2D eigenvalue weighted by molar-refractivity contribution is 0.669. The van der Waals surface area contributed by atoms with E-state index in [1.54, 1.807) is 11.3 Å². The minimum atomic E-state index is 0.633. The van der Waals surface area contributed by atoms with Crippen molar-refractivity contribution in [3.8, 4) is 51.0 Å². The molecule has 0 unspecified atom stereocenters. The molecule has 266 valence electrons. The second kappa shape index (κ2) is 12.6. The van der Waals surface area contributed by atoms with Gasteiger partial charge in [-0.1, -0.05) is 127 Å². The maximum Gasteiger partial charge on any atom is 0.165 e. The van der Waals surface area contributed by atoms with E-state index in [0.29, 0.717) is 17.5 Å². The van der Waals surface area contributed by atoms with Crippen molar-refractivity contribution in [2.45, 2.75) is 0 Å². The first kappa shape index (κ1) is 31.9. The van der Waals surface area contributed by atoms with Crippen LogP contribution in [-0.2, 0) is 0 Å². The van der Waals surface area contributed by atoms with Gasteiger partial charge in [-0.3, -0.25) is 0 Å². The van der Waals surface area contributed by atoms with Crippen LogP contribution in [0.1, 0.15) is 0 Å². The predicted molar refractivity (Wildman–Crippen MR) is 236 cm³/mol. The molecule has 0 bridgehead atoms. The maximum absolute atomic E-state index is 6.32. The zero-order chi connectivity index (χ0) is 37.5. The normalized spacial score (nSPS) is 11.9. The number of thiophene rings is 1. The standard InChI is InChI=1S/C51H30N4OS/c1-2-13-31(14-3-1)49-52-50(54-51(53-49)40-23-12-22-39-38-21-6-9-26-47(38)57-48(39)40)34-17-10-15-32(27-34)33-16-11-18-35(28-33)55-43-24-7-4-19-36(43)41-30-46-42(29-44(41)55)37-20-5-8-25-45(37)56-46/h1-30H. The van der Waals surface area contributed by atoms with Gasteiger partial charge in [-0.15, -0.1) is 11.3 Å². The molecule has 12 rings (SSSR count). The lowest BCUT2D eigenvalue weighted by Gasteiger charge is -2.12. The fraction of sp³-hybridized carbons (Fsp3) is 0. The van der Waals surface area contributed by atoms with E-state index in [4.69, 9.17) is 19.4 Å². The quantitative estimate of drug-likeness (QED) is 0.176. The molecule has 12 aromatic rings. The van der Waals surface area contributed by atoms with Gasteiger partial charge in [-0.05, 0) is 65.7 Å². The van der Waals surface area contributed by atoms with E-state index < -0.39 is 0 Å². The Balaban J connectivity index is 1.01. The average Bonchev–Trinajstić information content (AvgIpc) is 3.95. The summed E-state index contributed by atoms with van der Waals surface area (Å²) in [5, 5.41) is 7.04. The van der Waals surface area contributed by atoms with Gasteiger partial charge in [0.1, 0.15) is 11.2 Å². The van der Waals surface area contributed by atoms with E-state index in [0.717, 1.165) is 71.9 Å². The lowest BCUT2D eigenvalue weighted by atomic mass is 10.0. The van der Waals surface area contributed by atoms with E-state index in [2.05, 4.69) is 156 Å². The molecule has 0 aliphatic carbocycles. The summed E-state index contributed by atoms with van der Waals surface area (Å²) in [6, 6.07) is 63.8. The molecule has 8 aromatic carbocycles. The molecule has 6 heteroatoms. The summed E-state index contributed by atoms with van der Waals surface area (Å²) in [6.07, 6.45) is 0. The number of furan rings is 1. The summed E-state index contributed by atoms with van der Waals surface area (Å²) in [5.41, 5.74) is 10.2. The van der Waals surface area contributed by atoms with E-state index in [1.807, 2.05) is 30.3 Å². The van der Waals surface area contributed by atoms with E-state index in [9.17, 15) is 0 Å². The largest absolute Gasteiger partial charge is 0.456 e. The van der Waals surface area contributed by atoms with Crippen molar-refractivity contribution < 1.29 is 4.42 Å². The van der Waals surface area contributed by atoms with Crippen molar-refractivity contribution in [1.29, 1.82) is 0 Å². The van der Waals surface area contributed by atoms with Crippen molar-refractivity contribution in [3.05, 3.63) is 182 Å². The summed E-state index contributed by atoms with van der Waals surface area (Å²) in [4.78, 5) is 15.4. The van der Waals surface area contributed by atoms with Gasteiger partial charge in [0, 0.05) is 64.1 Å². The third-order valence-electron chi connectivity index (χ3n) is 11.0. The van der Waals surface area contributed by atoms with Crippen LogP contribution in [0.3, 0.4) is 0 Å². The molecular formula is C51H30N4OS. The summed E-state index contributed by atoms with van der Waals surface area (Å²) >= 11 is 1.78. The molecular weight excluding hydrogens is 717 g/mol. The highest BCUT2D eigenvalue weighted by Crippen LogP contribution is 2.41. The molecule has 0 saturated carbocycles. The Hall–Kier alpha value is -7.41. The zero-order valence-corrected chi connectivity index (χ0v) is 31.2. The second-order valence-electron chi connectivity index (χ2n) is 14.4. The third-order valence-corrected chi connectivity index (χ3v) is 12.3. The Morgan fingerprint density at radius 2 is 1.04 bits per heavy atom. The van der Waals surface area contributed by atoms with Crippen LogP contribution >= 0.6 is 11.3 Å².